The zero-order valence-electron chi connectivity index (χ0n) is 12.6. The van der Waals surface area contributed by atoms with Crippen molar-refractivity contribution in [2.24, 2.45) is 5.92 Å². The number of nitrogens with one attached hydrogen (secondary N) is 1. The van der Waals surface area contributed by atoms with Crippen molar-refractivity contribution in [3.8, 4) is 5.75 Å². The van der Waals surface area contributed by atoms with Gasteiger partial charge in [-0.15, -0.1) is 0 Å². The van der Waals surface area contributed by atoms with E-state index in [0.717, 1.165) is 18.8 Å². The van der Waals surface area contributed by atoms with Crippen molar-refractivity contribution in [1.82, 2.24) is 4.90 Å². The van der Waals surface area contributed by atoms with E-state index >= 15 is 0 Å². The van der Waals surface area contributed by atoms with E-state index < -0.39 is 0 Å². The number of likely N-dealkylation sites (tertiary alicyclic amines) is 1. The lowest BCUT2D eigenvalue weighted by Crippen LogP contribution is -2.46. The molecule has 1 aromatic rings. The second-order valence-electron chi connectivity index (χ2n) is 5.61. The molecule has 1 aliphatic heterocycles. The van der Waals surface area contributed by atoms with Gasteiger partial charge in [0.2, 0.25) is 5.91 Å². The van der Waals surface area contributed by atoms with Crippen LogP contribution in [0.3, 0.4) is 0 Å². The first-order valence-electron chi connectivity index (χ1n) is 7.29. The maximum absolute atomic E-state index is 12.4. The molecule has 1 N–H and O–H groups in total. The number of piperidine rings is 1. The van der Waals surface area contributed by atoms with Crippen LogP contribution in [0.2, 0.25) is 0 Å². The first kappa shape index (κ1) is 14.9. The lowest BCUT2D eigenvalue weighted by molar-refractivity contribution is -0.121. The van der Waals surface area contributed by atoms with Gasteiger partial charge in [-0.3, -0.25) is 9.69 Å². The Labute approximate surface area is 121 Å². The average Bonchev–Trinajstić information content (AvgIpc) is 2.47. The van der Waals surface area contributed by atoms with Crippen molar-refractivity contribution in [2.45, 2.75) is 32.7 Å². The molecule has 0 radical (unpaired) electrons. The topological polar surface area (TPSA) is 41.6 Å². The molecule has 1 aliphatic rings. The molecule has 1 aromatic carbocycles. The van der Waals surface area contributed by atoms with E-state index in [-0.39, 0.29) is 11.9 Å². The van der Waals surface area contributed by atoms with Crippen LogP contribution in [0.15, 0.2) is 24.3 Å². The smallest absolute Gasteiger partial charge is 0.241 e. The number of carbonyl (C=O) groups is 1. The van der Waals surface area contributed by atoms with Gasteiger partial charge in [-0.1, -0.05) is 19.1 Å². The van der Waals surface area contributed by atoms with Gasteiger partial charge in [-0.05, 0) is 44.4 Å². The predicted molar refractivity (Wildman–Crippen MR) is 81.1 cm³/mol. The van der Waals surface area contributed by atoms with E-state index in [1.807, 2.05) is 31.2 Å². The summed E-state index contributed by atoms with van der Waals surface area (Å²) in [5.41, 5.74) is 0.733. The van der Waals surface area contributed by atoms with E-state index in [2.05, 4.69) is 17.1 Å². The Kier molecular flexibility index (Phi) is 5.01. The third-order valence-corrected chi connectivity index (χ3v) is 3.98. The number of nitrogens with zero attached hydrogens (tertiary/aromatic N) is 1. The van der Waals surface area contributed by atoms with Gasteiger partial charge in [0.15, 0.2) is 0 Å². The Bertz CT molecular complexity index is 462. The summed E-state index contributed by atoms with van der Waals surface area (Å²) in [5, 5.41) is 2.97. The first-order valence-corrected chi connectivity index (χ1v) is 7.29. The molecule has 1 saturated heterocycles. The molecule has 0 unspecified atom stereocenters. The van der Waals surface area contributed by atoms with Crippen molar-refractivity contribution in [3.63, 3.8) is 0 Å². The number of benzene rings is 1. The van der Waals surface area contributed by atoms with Gasteiger partial charge in [0.05, 0.1) is 18.8 Å². The number of para-hydroxylation sites is 2. The summed E-state index contributed by atoms with van der Waals surface area (Å²) in [6, 6.07) is 7.39. The third-order valence-electron chi connectivity index (χ3n) is 3.98. The average molecular weight is 276 g/mol. The summed E-state index contributed by atoms with van der Waals surface area (Å²) < 4.78 is 5.26. The molecule has 0 saturated carbocycles. The molecule has 20 heavy (non-hydrogen) atoms. The van der Waals surface area contributed by atoms with Gasteiger partial charge in [0, 0.05) is 6.54 Å². The van der Waals surface area contributed by atoms with E-state index in [0.29, 0.717) is 11.7 Å². The summed E-state index contributed by atoms with van der Waals surface area (Å²) in [6.07, 6.45) is 2.44. The molecule has 110 valence electrons. The van der Waals surface area contributed by atoms with Crippen molar-refractivity contribution in [1.29, 1.82) is 0 Å². The number of methoxy groups -OCH3 is 1. The number of hydrogen-bond donors (Lipinski definition) is 1. The van der Waals surface area contributed by atoms with Gasteiger partial charge in [0.25, 0.3) is 0 Å². The Morgan fingerprint density at radius 2 is 2.20 bits per heavy atom. The highest BCUT2D eigenvalue weighted by Gasteiger charge is 2.25. The highest BCUT2D eigenvalue weighted by Crippen LogP contribution is 2.24. The summed E-state index contributed by atoms with van der Waals surface area (Å²) in [7, 11) is 1.61. The van der Waals surface area contributed by atoms with Crippen LogP contribution in [-0.2, 0) is 4.79 Å². The van der Waals surface area contributed by atoms with Crippen molar-refractivity contribution in [3.05, 3.63) is 24.3 Å². The number of amides is 1. The summed E-state index contributed by atoms with van der Waals surface area (Å²) >= 11 is 0. The number of hydrogen-bond acceptors (Lipinski definition) is 3. The van der Waals surface area contributed by atoms with Crippen LogP contribution >= 0.6 is 0 Å². The highest BCUT2D eigenvalue weighted by molar-refractivity contribution is 5.95. The van der Waals surface area contributed by atoms with E-state index in [4.69, 9.17) is 4.74 Å². The maximum atomic E-state index is 12.4. The molecule has 0 bridgehead atoms. The normalized spacial score (nSPS) is 21.2. The van der Waals surface area contributed by atoms with Gasteiger partial charge in [0.1, 0.15) is 5.75 Å². The third kappa shape index (κ3) is 3.51. The fourth-order valence-electron chi connectivity index (χ4n) is 2.73. The van der Waals surface area contributed by atoms with Crippen molar-refractivity contribution < 1.29 is 9.53 Å². The van der Waals surface area contributed by atoms with E-state index in [9.17, 15) is 4.79 Å². The summed E-state index contributed by atoms with van der Waals surface area (Å²) in [5.74, 6) is 1.40. The molecule has 0 aromatic heterocycles. The van der Waals surface area contributed by atoms with Crippen LogP contribution in [0.1, 0.15) is 26.7 Å². The van der Waals surface area contributed by atoms with Crippen LogP contribution in [0.5, 0.6) is 5.75 Å². The number of rotatable bonds is 4. The van der Waals surface area contributed by atoms with Crippen LogP contribution in [0, 0.1) is 5.92 Å². The Balaban J connectivity index is 2.00. The lowest BCUT2D eigenvalue weighted by atomic mass is 9.99. The molecule has 2 rings (SSSR count). The fraction of sp³-hybridized carbons (Fsp3) is 0.562. The minimum Gasteiger partial charge on any atom is -0.495 e. The van der Waals surface area contributed by atoms with Crippen LogP contribution < -0.4 is 10.1 Å². The molecule has 1 amide bonds. The number of ether oxygens (including phenoxy) is 1. The van der Waals surface area contributed by atoms with Gasteiger partial charge in [-0.2, -0.15) is 0 Å². The summed E-state index contributed by atoms with van der Waals surface area (Å²) in [6.45, 7) is 6.23. The molecular weight excluding hydrogens is 252 g/mol. The minimum absolute atomic E-state index is 0.0311. The SMILES string of the molecule is COc1ccccc1NC(=O)[C@H](C)N1CCC[C@H](C)C1. The molecule has 1 heterocycles. The minimum atomic E-state index is -0.109. The monoisotopic (exact) mass is 276 g/mol. The largest absolute Gasteiger partial charge is 0.495 e. The zero-order valence-corrected chi connectivity index (χ0v) is 12.6. The quantitative estimate of drug-likeness (QED) is 0.919. The molecule has 0 aliphatic carbocycles. The molecule has 2 atom stereocenters. The molecule has 1 fully saturated rings. The Morgan fingerprint density at radius 1 is 1.45 bits per heavy atom. The second-order valence-corrected chi connectivity index (χ2v) is 5.61. The van der Waals surface area contributed by atoms with Crippen LogP contribution in [0.25, 0.3) is 0 Å². The summed E-state index contributed by atoms with van der Waals surface area (Å²) in [4.78, 5) is 14.6. The van der Waals surface area contributed by atoms with Crippen LogP contribution in [0.4, 0.5) is 5.69 Å². The van der Waals surface area contributed by atoms with Crippen molar-refractivity contribution in [2.75, 3.05) is 25.5 Å². The highest BCUT2D eigenvalue weighted by atomic mass is 16.5. The number of anilines is 1. The molecular formula is C16H24N2O2. The molecule has 0 spiro atoms. The Hall–Kier alpha value is -1.55. The lowest BCUT2D eigenvalue weighted by Gasteiger charge is -2.34. The maximum Gasteiger partial charge on any atom is 0.241 e. The van der Waals surface area contributed by atoms with Crippen LogP contribution in [-0.4, -0.2) is 37.0 Å². The zero-order chi connectivity index (χ0) is 14.5. The fourth-order valence-corrected chi connectivity index (χ4v) is 2.73. The second kappa shape index (κ2) is 6.75. The van der Waals surface area contributed by atoms with Gasteiger partial charge in [-0.25, -0.2) is 0 Å². The molecule has 4 heteroatoms. The molecule has 4 nitrogen and oxygen atoms in total. The van der Waals surface area contributed by atoms with E-state index in [1.54, 1.807) is 7.11 Å². The van der Waals surface area contributed by atoms with Gasteiger partial charge >= 0.3 is 0 Å². The van der Waals surface area contributed by atoms with E-state index in [1.165, 1.54) is 12.8 Å². The first-order chi connectivity index (χ1) is 9.61. The van der Waals surface area contributed by atoms with Crippen molar-refractivity contribution >= 4 is 11.6 Å². The number of carbonyl (C=O) groups excluding carboxylic acids is 1. The standard InChI is InChI=1S/C16H24N2O2/c1-12-7-6-10-18(11-12)13(2)16(19)17-14-8-4-5-9-15(14)20-3/h4-5,8-9,12-13H,6-7,10-11H2,1-3H3,(H,17,19)/t12-,13-/m0/s1. The predicted octanol–water partition coefficient (Wildman–Crippen LogP) is 2.75. The van der Waals surface area contributed by atoms with Gasteiger partial charge < -0.3 is 10.1 Å². The Morgan fingerprint density at radius 3 is 2.90 bits per heavy atom.